The third kappa shape index (κ3) is 2.44. The van der Waals surface area contributed by atoms with Crippen LogP contribution in [0.3, 0.4) is 0 Å². The van der Waals surface area contributed by atoms with Crippen molar-refractivity contribution in [1.82, 2.24) is 0 Å². The average Bonchev–Trinajstić information content (AvgIpc) is 2.30. The van der Waals surface area contributed by atoms with Gasteiger partial charge in [-0.15, -0.1) is 0 Å². The largest absolute Gasteiger partial charge is 0.298 e. The van der Waals surface area contributed by atoms with E-state index in [1.54, 1.807) is 6.26 Å². The molecule has 0 aromatic rings. The number of ketones is 1. The fourth-order valence-corrected chi connectivity index (χ4v) is 6.18. The second kappa shape index (κ2) is 5.07. The number of halogens is 1. The van der Waals surface area contributed by atoms with Gasteiger partial charge < -0.3 is 0 Å². The summed E-state index contributed by atoms with van der Waals surface area (Å²) in [6, 6.07) is 0. The van der Waals surface area contributed by atoms with Crippen LogP contribution in [0.1, 0.15) is 57.8 Å². The minimum atomic E-state index is -2.18. The number of hydrogen-bond donors (Lipinski definition) is 0. The van der Waals surface area contributed by atoms with Crippen molar-refractivity contribution in [3.05, 3.63) is 0 Å². The monoisotopic (exact) mass is 246 g/mol. The van der Waals surface area contributed by atoms with Gasteiger partial charge in [0, 0.05) is 11.7 Å². The van der Waals surface area contributed by atoms with Gasteiger partial charge in [-0.05, 0) is 31.9 Å². The lowest BCUT2D eigenvalue weighted by Crippen LogP contribution is -2.34. The molecular formula is C13H23FOS. The van der Waals surface area contributed by atoms with Gasteiger partial charge in [0.15, 0.2) is 0 Å². The van der Waals surface area contributed by atoms with E-state index in [9.17, 15) is 8.68 Å². The van der Waals surface area contributed by atoms with Gasteiger partial charge in [0.2, 0.25) is 0 Å². The lowest BCUT2D eigenvalue weighted by atomic mass is 9.99. The molecule has 0 aliphatic heterocycles. The zero-order chi connectivity index (χ0) is 11.6. The van der Waals surface area contributed by atoms with Gasteiger partial charge in [0.1, 0.15) is 5.78 Å². The maximum absolute atomic E-state index is 15.0. The van der Waals surface area contributed by atoms with Crippen LogP contribution in [-0.4, -0.2) is 22.5 Å². The lowest BCUT2D eigenvalue weighted by Gasteiger charge is -2.44. The van der Waals surface area contributed by atoms with E-state index in [0.29, 0.717) is 6.42 Å². The minimum Gasteiger partial charge on any atom is -0.298 e. The van der Waals surface area contributed by atoms with E-state index >= 15 is 0 Å². The molecule has 16 heavy (non-hydrogen) atoms. The third-order valence-corrected chi connectivity index (χ3v) is 7.65. The quantitative estimate of drug-likeness (QED) is 0.715. The summed E-state index contributed by atoms with van der Waals surface area (Å²) in [6.07, 6.45) is 10.9. The van der Waals surface area contributed by atoms with Crippen molar-refractivity contribution < 1.29 is 8.68 Å². The van der Waals surface area contributed by atoms with Crippen molar-refractivity contribution in [3.63, 3.8) is 0 Å². The lowest BCUT2D eigenvalue weighted by molar-refractivity contribution is -0.119. The van der Waals surface area contributed by atoms with Crippen LogP contribution in [0.5, 0.6) is 0 Å². The van der Waals surface area contributed by atoms with E-state index < -0.39 is 10.4 Å². The molecule has 0 aromatic carbocycles. The van der Waals surface area contributed by atoms with Crippen LogP contribution >= 0.6 is 10.4 Å². The highest BCUT2D eigenvalue weighted by molar-refractivity contribution is 8.30. The summed E-state index contributed by atoms with van der Waals surface area (Å²) in [5.41, 5.74) is 0. The van der Waals surface area contributed by atoms with E-state index in [0.717, 1.165) is 44.9 Å². The van der Waals surface area contributed by atoms with E-state index in [1.165, 1.54) is 6.42 Å². The maximum Gasteiger partial charge on any atom is 0.146 e. The van der Waals surface area contributed by atoms with Crippen LogP contribution in [0.25, 0.3) is 0 Å². The molecule has 2 unspecified atom stereocenters. The fourth-order valence-electron chi connectivity index (χ4n) is 3.20. The Kier molecular flexibility index (Phi) is 3.93. The molecule has 2 saturated carbocycles. The summed E-state index contributed by atoms with van der Waals surface area (Å²) >= 11 is 0. The SMILES string of the molecule is CS(F)(C1CCCCC1)C1CCCCC1=O. The predicted octanol–water partition coefficient (Wildman–Crippen LogP) is 4.15. The molecule has 0 heterocycles. The smallest absolute Gasteiger partial charge is 0.146 e. The molecule has 2 fully saturated rings. The van der Waals surface area contributed by atoms with Gasteiger partial charge in [0.25, 0.3) is 0 Å². The Balaban J connectivity index is 2.06. The minimum absolute atomic E-state index is 0.216. The van der Waals surface area contributed by atoms with Gasteiger partial charge >= 0.3 is 0 Å². The molecule has 2 aliphatic rings. The van der Waals surface area contributed by atoms with Crippen molar-refractivity contribution >= 4 is 16.2 Å². The number of rotatable bonds is 2. The number of carbonyl (C=O) groups excluding carboxylic acids is 1. The Morgan fingerprint density at radius 3 is 2.31 bits per heavy atom. The van der Waals surface area contributed by atoms with E-state index in [1.807, 2.05) is 0 Å². The molecule has 0 aromatic heterocycles. The number of hydrogen-bond acceptors (Lipinski definition) is 1. The first-order valence-electron chi connectivity index (χ1n) is 6.61. The molecule has 0 saturated heterocycles. The van der Waals surface area contributed by atoms with Crippen LogP contribution in [0.4, 0.5) is 3.89 Å². The molecule has 2 rings (SSSR count). The number of Topliss-reactive ketones (excluding diaryl/α,β-unsaturated/α-hetero) is 1. The maximum atomic E-state index is 15.0. The predicted molar refractivity (Wildman–Crippen MR) is 68.8 cm³/mol. The summed E-state index contributed by atoms with van der Waals surface area (Å²) in [4.78, 5) is 11.9. The molecule has 2 aliphatic carbocycles. The average molecular weight is 246 g/mol. The molecular weight excluding hydrogens is 223 g/mol. The van der Waals surface area contributed by atoms with Gasteiger partial charge in [-0.1, -0.05) is 36.1 Å². The van der Waals surface area contributed by atoms with Crippen molar-refractivity contribution in [2.75, 3.05) is 6.26 Å². The first-order valence-corrected chi connectivity index (χ1v) is 8.67. The Hall–Kier alpha value is -0.0500. The van der Waals surface area contributed by atoms with Gasteiger partial charge in [-0.25, -0.2) is 0 Å². The molecule has 0 bridgehead atoms. The van der Waals surface area contributed by atoms with Crippen LogP contribution in [0.2, 0.25) is 0 Å². The molecule has 3 heteroatoms. The zero-order valence-electron chi connectivity index (χ0n) is 10.2. The summed E-state index contributed by atoms with van der Waals surface area (Å²) < 4.78 is 15.0. The first kappa shape index (κ1) is 12.4. The standard InChI is InChI=1S/C13H23FOS/c1-16(14,11-7-3-2-4-8-11)13-10-6-5-9-12(13)15/h11,13H,2-10H2,1H3. The topological polar surface area (TPSA) is 17.1 Å². The van der Waals surface area contributed by atoms with Gasteiger partial charge in [0.05, 0.1) is 5.25 Å². The zero-order valence-corrected chi connectivity index (χ0v) is 11.0. The second-order valence-electron chi connectivity index (χ2n) is 5.40. The van der Waals surface area contributed by atoms with E-state index in [2.05, 4.69) is 0 Å². The van der Waals surface area contributed by atoms with E-state index in [4.69, 9.17) is 0 Å². The second-order valence-corrected chi connectivity index (χ2v) is 8.52. The summed E-state index contributed by atoms with van der Waals surface area (Å²) in [5, 5.41) is -0.00218. The molecule has 0 N–H and O–H groups in total. The molecule has 0 spiro atoms. The molecule has 2 atom stereocenters. The molecule has 94 valence electrons. The Morgan fingerprint density at radius 2 is 1.69 bits per heavy atom. The highest BCUT2D eigenvalue weighted by atomic mass is 32.3. The summed E-state index contributed by atoms with van der Waals surface area (Å²) in [7, 11) is -2.18. The normalized spacial score (nSPS) is 34.4. The highest BCUT2D eigenvalue weighted by Crippen LogP contribution is 2.61. The molecule has 0 radical (unpaired) electrons. The van der Waals surface area contributed by atoms with E-state index in [-0.39, 0.29) is 16.3 Å². The van der Waals surface area contributed by atoms with Crippen molar-refractivity contribution in [2.45, 2.75) is 68.3 Å². The highest BCUT2D eigenvalue weighted by Gasteiger charge is 2.41. The van der Waals surface area contributed by atoms with Crippen molar-refractivity contribution in [1.29, 1.82) is 0 Å². The molecule has 1 nitrogen and oxygen atoms in total. The first-order chi connectivity index (χ1) is 7.62. The third-order valence-electron chi connectivity index (χ3n) is 4.26. The summed E-state index contributed by atoms with van der Waals surface area (Å²) in [5.74, 6) is 0.219. The Bertz CT molecular complexity index is 259. The Morgan fingerprint density at radius 1 is 1.06 bits per heavy atom. The van der Waals surface area contributed by atoms with Crippen LogP contribution in [0, 0.1) is 0 Å². The van der Waals surface area contributed by atoms with Crippen LogP contribution < -0.4 is 0 Å². The fraction of sp³-hybridized carbons (Fsp3) is 0.923. The van der Waals surface area contributed by atoms with Gasteiger partial charge in [-0.2, -0.15) is 3.89 Å². The number of carbonyl (C=O) groups is 1. The summed E-state index contributed by atoms with van der Waals surface area (Å²) in [6.45, 7) is 0. The Labute approximate surface area is 99.8 Å². The van der Waals surface area contributed by atoms with Crippen molar-refractivity contribution in [3.8, 4) is 0 Å². The molecule has 0 amide bonds. The van der Waals surface area contributed by atoms with Crippen LogP contribution in [-0.2, 0) is 4.79 Å². The van der Waals surface area contributed by atoms with Gasteiger partial charge in [-0.3, -0.25) is 4.79 Å². The van der Waals surface area contributed by atoms with Crippen molar-refractivity contribution in [2.24, 2.45) is 0 Å². The van der Waals surface area contributed by atoms with Crippen LogP contribution in [0.15, 0.2) is 0 Å².